The molecule has 0 aromatic carbocycles. The van der Waals surface area contributed by atoms with E-state index in [4.69, 9.17) is 0 Å². The van der Waals surface area contributed by atoms with Crippen LogP contribution >= 0.6 is 0 Å². The summed E-state index contributed by atoms with van der Waals surface area (Å²) in [5.74, 6) is 0.619. The minimum Gasteiger partial charge on any atom is -0.378 e. The molecule has 98 valence electrons. The van der Waals surface area contributed by atoms with Gasteiger partial charge < -0.3 is 5.32 Å². The number of nitrogens with zero attached hydrogens (tertiary/aromatic N) is 4. The van der Waals surface area contributed by atoms with E-state index in [1.165, 1.54) is 5.56 Å². The SMILES string of the molecule is CCn1cc(NCc2cnn(CC(C)C)c2)cn1. The van der Waals surface area contributed by atoms with E-state index >= 15 is 0 Å². The molecule has 0 amide bonds. The van der Waals surface area contributed by atoms with Crippen molar-refractivity contribution < 1.29 is 0 Å². The molecule has 0 fully saturated rings. The van der Waals surface area contributed by atoms with Crippen molar-refractivity contribution in [3.8, 4) is 0 Å². The van der Waals surface area contributed by atoms with Gasteiger partial charge in [0, 0.05) is 37.6 Å². The van der Waals surface area contributed by atoms with Crippen LogP contribution in [0.1, 0.15) is 26.3 Å². The Bertz CT molecular complexity index is 483. The Hall–Kier alpha value is -1.78. The zero-order valence-corrected chi connectivity index (χ0v) is 11.3. The molecule has 0 spiro atoms. The van der Waals surface area contributed by atoms with Crippen LogP contribution < -0.4 is 5.32 Å². The van der Waals surface area contributed by atoms with Gasteiger partial charge in [-0.25, -0.2) is 0 Å². The van der Waals surface area contributed by atoms with E-state index in [1.807, 2.05) is 28.0 Å². The van der Waals surface area contributed by atoms with Crippen LogP contribution in [-0.2, 0) is 19.6 Å². The molecule has 2 rings (SSSR count). The van der Waals surface area contributed by atoms with Crippen molar-refractivity contribution in [3.05, 3.63) is 30.4 Å². The number of aromatic nitrogens is 4. The normalized spacial score (nSPS) is 11.1. The Labute approximate surface area is 108 Å². The fraction of sp³-hybridized carbons (Fsp3) is 0.538. The van der Waals surface area contributed by atoms with Gasteiger partial charge in [-0.2, -0.15) is 10.2 Å². The van der Waals surface area contributed by atoms with Gasteiger partial charge in [0.05, 0.1) is 18.1 Å². The summed E-state index contributed by atoms with van der Waals surface area (Å²) in [4.78, 5) is 0. The predicted molar refractivity (Wildman–Crippen MR) is 72.3 cm³/mol. The van der Waals surface area contributed by atoms with Gasteiger partial charge in [0.15, 0.2) is 0 Å². The van der Waals surface area contributed by atoms with Crippen molar-refractivity contribution in [1.82, 2.24) is 19.6 Å². The van der Waals surface area contributed by atoms with E-state index < -0.39 is 0 Å². The minimum absolute atomic E-state index is 0.619. The Morgan fingerprint density at radius 1 is 1.17 bits per heavy atom. The Kier molecular flexibility index (Phi) is 4.02. The molecule has 0 aliphatic rings. The van der Waals surface area contributed by atoms with Crippen molar-refractivity contribution in [3.63, 3.8) is 0 Å². The zero-order chi connectivity index (χ0) is 13.0. The highest BCUT2D eigenvalue weighted by Crippen LogP contribution is 2.08. The molecule has 0 saturated heterocycles. The number of hydrogen-bond donors (Lipinski definition) is 1. The molecule has 0 aliphatic heterocycles. The molecule has 0 atom stereocenters. The third kappa shape index (κ3) is 3.35. The van der Waals surface area contributed by atoms with Crippen LogP contribution in [0.5, 0.6) is 0 Å². The maximum Gasteiger partial charge on any atom is 0.0729 e. The first-order valence-corrected chi connectivity index (χ1v) is 6.45. The molecule has 0 radical (unpaired) electrons. The van der Waals surface area contributed by atoms with Crippen molar-refractivity contribution in [2.45, 2.75) is 40.4 Å². The number of anilines is 1. The zero-order valence-electron chi connectivity index (χ0n) is 11.3. The fourth-order valence-corrected chi connectivity index (χ4v) is 1.80. The summed E-state index contributed by atoms with van der Waals surface area (Å²) in [5, 5.41) is 11.9. The first kappa shape index (κ1) is 12.7. The monoisotopic (exact) mass is 247 g/mol. The van der Waals surface area contributed by atoms with Crippen molar-refractivity contribution in [1.29, 1.82) is 0 Å². The summed E-state index contributed by atoms with van der Waals surface area (Å²) < 4.78 is 3.90. The fourth-order valence-electron chi connectivity index (χ4n) is 1.80. The second-order valence-electron chi connectivity index (χ2n) is 4.90. The largest absolute Gasteiger partial charge is 0.378 e. The topological polar surface area (TPSA) is 47.7 Å². The van der Waals surface area contributed by atoms with E-state index in [9.17, 15) is 0 Å². The highest BCUT2D eigenvalue weighted by Gasteiger charge is 2.02. The van der Waals surface area contributed by atoms with Gasteiger partial charge in [0.1, 0.15) is 0 Å². The summed E-state index contributed by atoms with van der Waals surface area (Å²) in [5.41, 5.74) is 2.24. The molecule has 5 heteroatoms. The van der Waals surface area contributed by atoms with Crippen LogP contribution in [0, 0.1) is 5.92 Å². The summed E-state index contributed by atoms with van der Waals surface area (Å²) in [6.45, 7) is 9.11. The van der Waals surface area contributed by atoms with Crippen LogP contribution in [-0.4, -0.2) is 19.6 Å². The van der Waals surface area contributed by atoms with Gasteiger partial charge in [0.2, 0.25) is 0 Å². The molecule has 1 N–H and O–H groups in total. The molecule has 0 aliphatic carbocycles. The van der Waals surface area contributed by atoms with E-state index in [2.05, 4.69) is 42.5 Å². The number of hydrogen-bond acceptors (Lipinski definition) is 3. The standard InChI is InChI=1S/C13H21N5/c1-4-17-10-13(7-16-17)14-5-12-6-15-18(9-12)8-11(2)3/h6-7,9-11,14H,4-5,8H2,1-3H3. The van der Waals surface area contributed by atoms with Gasteiger partial charge in [0.25, 0.3) is 0 Å². The van der Waals surface area contributed by atoms with Gasteiger partial charge in [-0.3, -0.25) is 9.36 Å². The highest BCUT2D eigenvalue weighted by molar-refractivity contribution is 5.38. The second kappa shape index (κ2) is 5.71. The van der Waals surface area contributed by atoms with Crippen LogP contribution in [0.25, 0.3) is 0 Å². The molecule has 5 nitrogen and oxygen atoms in total. The van der Waals surface area contributed by atoms with Crippen molar-refractivity contribution >= 4 is 5.69 Å². The van der Waals surface area contributed by atoms with Gasteiger partial charge in [-0.15, -0.1) is 0 Å². The first-order valence-electron chi connectivity index (χ1n) is 6.45. The third-order valence-corrected chi connectivity index (χ3v) is 2.69. The van der Waals surface area contributed by atoms with Gasteiger partial charge in [-0.05, 0) is 12.8 Å². The smallest absolute Gasteiger partial charge is 0.0729 e. The lowest BCUT2D eigenvalue weighted by atomic mass is 10.2. The number of nitrogens with one attached hydrogen (secondary N) is 1. The lowest BCUT2D eigenvalue weighted by Crippen LogP contribution is -2.04. The Morgan fingerprint density at radius 2 is 1.94 bits per heavy atom. The molecule has 0 bridgehead atoms. The Balaban J connectivity index is 1.87. The second-order valence-corrected chi connectivity index (χ2v) is 4.90. The van der Waals surface area contributed by atoms with E-state index in [0.717, 1.165) is 25.3 Å². The predicted octanol–water partition coefficient (Wildman–Crippen LogP) is 2.37. The summed E-state index contributed by atoms with van der Waals surface area (Å²) in [6, 6.07) is 0. The maximum atomic E-state index is 4.35. The quantitative estimate of drug-likeness (QED) is 0.852. The van der Waals surface area contributed by atoms with E-state index in [-0.39, 0.29) is 0 Å². The van der Waals surface area contributed by atoms with Crippen molar-refractivity contribution in [2.75, 3.05) is 5.32 Å². The Morgan fingerprint density at radius 3 is 2.61 bits per heavy atom. The molecule has 2 aromatic rings. The summed E-state index contributed by atoms with van der Waals surface area (Å²) in [7, 11) is 0. The molecule has 2 heterocycles. The van der Waals surface area contributed by atoms with Crippen LogP contribution in [0.15, 0.2) is 24.8 Å². The molecule has 2 aromatic heterocycles. The van der Waals surface area contributed by atoms with E-state index in [1.54, 1.807) is 0 Å². The average molecular weight is 247 g/mol. The third-order valence-electron chi connectivity index (χ3n) is 2.69. The molecular formula is C13H21N5. The lowest BCUT2D eigenvalue weighted by molar-refractivity contribution is 0.483. The summed E-state index contributed by atoms with van der Waals surface area (Å²) in [6.07, 6.45) is 7.87. The highest BCUT2D eigenvalue weighted by atomic mass is 15.3. The molecule has 0 saturated carbocycles. The minimum atomic E-state index is 0.619. The average Bonchev–Trinajstić information content (AvgIpc) is 2.94. The molecular weight excluding hydrogens is 226 g/mol. The van der Waals surface area contributed by atoms with Crippen LogP contribution in [0.3, 0.4) is 0 Å². The van der Waals surface area contributed by atoms with E-state index in [0.29, 0.717) is 5.92 Å². The van der Waals surface area contributed by atoms with Crippen LogP contribution in [0.2, 0.25) is 0 Å². The van der Waals surface area contributed by atoms with Gasteiger partial charge in [-0.1, -0.05) is 13.8 Å². The number of rotatable bonds is 6. The molecule has 18 heavy (non-hydrogen) atoms. The van der Waals surface area contributed by atoms with Gasteiger partial charge >= 0.3 is 0 Å². The molecule has 0 unspecified atom stereocenters. The van der Waals surface area contributed by atoms with Crippen LogP contribution in [0.4, 0.5) is 5.69 Å². The lowest BCUT2D eigenvalue weighted by Gasteiger charge is -2.03. The van der Waals surface area contributed by atoms with Crippen molar-refractivity contribution in [2.24, 2.45) is 5.92 Å². The summed E-state index contributed by atoms with van der Waals surface area (Å²) >= 11 is 0. The number of aryl methyl sites for hydroxylation is 1. The maximum absolute atomic E-state index is 4.35. The first-order chi connectivity index (χ1) is 8.67.